The highest BCUT2D eigenvalue weighted by Gasteiger charge is 2.15. The summed E-state index contributed by atoms with van der Waals surface area (Å²) in [5.41, 5.74) is 6.72. The molecule has 0 saturated carbocycles. The molecule has 2 aromatic rings. The van der Waals surface area contributed by atoms with E-state index in [4.69, 9.17) is 0 Å². The lowest BCUT2D eigenvalue weighted by atomic mass is 10.1. The van der Waals surface area contributed by atoms with Crippen LogP contribution in [0.4, 0.5) is 5.69 Å². The molecule has 1 aromatic heterocycles. The Hall–Kier alpha value is -1.87. The van der Waals surface area contributed by atoms with Gasteiger partial charge in [0.05, 0.1) is 5.69 Å². The molecule has 110 valence electrons. The van der Waals surface area contributed by atoms with Gasteiger partial charge in [-0.05, 0) is 41.7 Å². The van der Waals surface area contributed by atoms with Gasteiger partial charge in [-0.3, -0.25) is 4.98 Å². The van der Waals surface area contributed by atoms with E-state index < -0.39 is 0 Å². The number of benzene rings is 1. The normalized spacial score (nSPS) is 13.5. The Balaban J connectivity index is 1.61. The molecule has 0 spiro atoms. The summed E-state index contributed by atoms with van der Waals surface area (Å²) >= 11 is 0. The second kappa shape index (κ2) is 6.27. The highest BCUT2D eigenvalue weighted by molar-refractivity contribution is 5.58. The third kappa shape index (κ3) is 3.08. The predicted octanol–water partition coefficient (Wildman–Crippen LogP) is 2.93. The molecule has 0 aliphatic carbocycles. The van der Waals surface area contributed by atoms with Gasteiger partial charge in [-0.1, -0.05) is 25.1 Å². The zero-order chi connectivity index (χ0) is 14.7. The number of hydrogen-bond donors (Lipinski definition) is 1. The summed E-state index contributed by atoms with van der Waals surface area (Å²) in [4.78, 5) is 6.81. The maximum absolute atomic E-state index is 4.48. The summed E-state index contributed by atoms with van der Waals surface area (Å²) in [5.74, 6) is 0. The van der Waals surface area contributed by atoms with Crippen molar-refractivity contribution in [3.05, 3.63) is 58.9 Å². The maximum atomic E-state index is 4.48. The lowest BCUT2D eigenvalue weighted by molar-refractivity contribution is 0.673. The molecule has 0 radical (unpaired) electrons. The van der Waals surface area contributed by atoms with Crippen LogP contribution in [0.15, 0.2) is 36.5 Å². The molecule has 2 heterocycles. The molecule has 0 unspecified atom stereocenters. The van der Waals surface area contributed by atoms with Crippen molar-refractivity contribution in [1.29, 1.82) is 0 Å². The SMILES string of the molecule is CCc1cccnc1CNCc1ccc2c(c1)CCN2C. The Morgan fingerprint density at radius 3 is 3.00 bits per heavy atom. The summed E-state index contributed by atoms with van der Waals surface area (Å²) in [6.45, 7) is 5.05. The van der Waals surface area contributed by atoms with Gasteiger partial charge in [0, 0.05) is 38.6 Å². The number of aryl methyl sites for hydroxylation is 1. The van der Waals surface area contributed by atoms with Crippen molar-refractivity contribution in [2.45, 2.75) is 32.9 Å². The quantitative estimate of drug-likeness (QED) is 0.913. The summed E-state index contributed by atoms with van der Waals surface area (Å²) in [5, 5.41) is 3.52. The Labute approximate surface area is 127 Å². The number of nitrogens with zero attached hydrogens (tertiary/aromatic N) is 2. The summed E-state index contributed by atoms with van der Waals surface area (Å²) in [6.07, 6.45) is 4.08. The molecular formula is C18H23N3. The van der Waals surface area contributed by atoms with Crippen LogP contribution in [0.1, 0.15) is 29.3 Å². The first-order valence-corrected chi connectivity index (χ1v) is 7.74. The van der Waals surface area contributed by atoms with Crippen molar-refractivity contribution in [2.24, 2.45) is 0 Å². The molecule has 3 nitrogen and oxygen atoms in total. The van der Waals surface area contributed by atoms with Gasteiger partial charge in [-0.2, -0.15) is 0 Å². The molecule has 0 amide bonds. The molecule has 0 bridgehead atoms. The fourth-order valence-corrected chi connectivity index (χ4v) is 3.01. The van der Waals surface area contributed by atoms with E-state index in [1.54, 1.807) is 0 Å². The van der Waals surface area contributed by atoms with Crippen molar-refractivity contribution >= 4 is 5.69 Å². The molecule has 1 aliphatic heterocycles. The predicted molar refractivity (Wildman–Crippen MR) is 87.6 cm³/mol. The van der Waals surface area contributed by atoms with Crippen LogP contribution in [0.5, 0.6) is 0 Å². The second-order valence-corrected chi connectivity index (χ2v) is 5.70. The van der Waals surface area contributed by atoms with Crippen LogP contribution >= 0.6 is 0 Å². The standard InChI is InChI=1S/C18H23N3/c1-3-15-5-4-9-20-17(15)13-19-12-14-6-7-18-16(11-14)8-10-21(18)2/h4-7,9,11,19H,3,8,10,12-13H2,1-2H3. The van der Waals surface area contributed by atoms with E-state index in [9.17, 15) is 0 Å². The minimum atomic E-state index is 0.834. The molecule has 0 saturated heterocycles. The average molecular weight is 281 g/mol. The van der Waals surface area contributed by atoms with Crippen molar-refractivity contribution in [3.63, 3.8) is 0 Å². The molecule has 0 atom stereocenters. The van der Waals surface area contributed by atoms with Gasteiger partial charge in [-0.15, -0.1) is 0 Å². The van der Waals surface area contributed by atoms with Gasteiger partial charge < -0.3 is 10.2 Å². The van der Waals surface area contributed by atoms with Crippen molar-refractivity contribution in [2.75, 3.05) is 18.5 Å². The Morgan fingerprint density at radius 1 is 1.24 bits per heavy atom. The van der Waals surface area contributed by atoms with Crippen LogP contribution in [-0.2, 0) is 25.9 Å². The number of likely N-dealkylation sites (N-methyl/N-ethyl adjacent to an activating group) is 1. The summed E-state index contributed by atoms with van der Waals surface area (Å²) < 4.78 is 0. The summed E-state index contributed by atoms with van der Waals surface area (Å²) in [7, 11) is 2.16. The maximum Gasteiger partial charge on any atom is 0.0573 e. The Bertz CT molecular complexity index is 622. The lowest BCUT2D eigenvalue weighted by Gasteiger charge is -2.12. The number of nitrogens with one attached hydrogen (secondary N) is 1. The van der Waals surface area contributed by atoms with E-state index in [1.165, 1.54) is 34.5 Å². The molecular weight excluding hydrogens is 258 g/mol. The fourth-order valence-electron chi connectivity index (χ4n) is 3.01. The van der Waals surface area contributed by atoms with E-state index in [2.05, 4.69) is 53.4 Å². The number of aromatic nitrogens is 1. The minimum Gasteiger partial charge on any atom is -0.374 e. The molecule has 1 N–H and O–H groups in total. The first-order chi connectivity index (χ1) is 10.3. The van der Waals surface area contributed by atoms with E-state index in [0.29, 0.717) is 0 Å². The molecule has 3 rings (SSSR count). The van der Waals surface area contributed by atoms with Crippen LogP contribution < -0.4 is 10.2 Å². The number of pyridine rings is 1. The van der Waals surface area contributed by atoms with Crippen LogP contribution in [0.3, 0.4) is 0 Å². The number of hydrogen-bond acceptors (Lipinski definition) is 3. The lowest BCUT2D eigenvalue weighted by Crippen LogP contribution is -2.15. The van der Waals surface area contributed by atoms with E-state index in [-0.39, 0.29) is 0 Å². The van der Waals surface area contributed by atoms with Gasteiger partial charge in [0.1, 0.15) is 0 Å². The van der Waals surface area contributed by atoms with Crippen LogP contribution in [0.25, 0.3) is 0 Å². The third-order valence-corrected chi connectivity index (χ3v) is 4.26. The van der Waals surface area contributed by atoms with Gasteiger partial charge in [0.25, 0.3) is 0 Å². The van der Waals surface area contributed by atoms with E-state index >= 15 is 0 Å². The van der Waals surface area contributed by atoms with Crippen molar-refractivity contribution in [3.8, 4) is 0 Å². The average Bonchev–Trinajstić information content (AvgIpc) is 2.89. The zero-order valence-corrected chi connectivity index (χ0v) is 12.9. The molecule has 1 aliphatic rings. The van der Waals surface area contributed by atoms with E-state index in [0.717, 1.165) is 26.1 Å². The number of fused-ring (bicyclic) bond motifs is 1. The smallest absolute Gasteiger partial charge is 0.0573 e. The highest BCUT2D eigenvalue weighted by Crippen LogP contribution is 2.27. The van der Waals surface area contributed by atoms with Crippen LogP contribution in [-0.4, -0.2) is 18.6 Å². The largest absolute Gasteiger partial charge is 0.374 e. The molecule has 21 heavy (non-hydrogen) atoms. The second-order valence-electron chi connectivity index (χ2n) is 5.70. The van der Waals surface area contributed by atoms with Crippen LogP contribution in [0, 0.1) is 0 Å². The topological polar surface area (TPSA) is 28.2 Å². The highest BCUT2D eigenvalue weighted by atomic mass is 15.1. The van der Waals surface area contributed by atoms with Gasteiger partial charge in [0.2, 0.25) is 0 Å². The summed E-state index contributed by atoms with van der Waals surface area (Å²) in [6, 6.07) is 11.0. The Kier molecular flexibility index (Phi) is 4.20. The van der Waals surface area contributed by atoms with Gasteiger partial charge in [-0.25, -0.2) is 0 Å². The fraction of sp³-hybridized carbons (Fsp3) is 0.389. The molecule has 3 heteroatoms. The third-order valence-electron chi connectivity index (χ3n) is 4.26. The first kappa shape index (κ1) is 14.1. The first-order valence-electron chi connectivity index (χ1n) is 7.74. The molecule has 0 fully saturated rings. The zero-order valence-electron chi connectivity index (χ0n) is 12.9. The van der Waals surface area contributed by atoms with Gasteiger partial charge >= 0.3 is 0 Å². The monoisotopic (exact) mass is 281 g/mol. The number of rotatable bonds is 5. The van der Waals surface area contributed by atoms with E-state index in [1.807, 2.05) is 12.3 Å². The Morgan fingerprint density at radius 2 is 2.14 bits per heavy atom. The van der Waals surface area contributed by atoms with Gasteiger partial charge in [0.15, 0.2) is 0 Å². The molecule has 1 aromatic carbocycles. The van der Waals surface area contributed by atoms with Crippen molar-refractivity contribution in [1.82, 2.24) is 10.3 Å². The minimum absolute atomic E-state index is 0.834. The number of anilines is 1. The van der Waals surface area contributed by atoms with Crippen molar-refractivity contribution < 1.29 is 0 Å². The van der Waals surface area contributed by atoms with Crippen LogP contribution in [0.2, 0.25) is 0 Å².